The van der Waals surface area contributed by atoms with Crippen LogP contribution in [0.25, 0.3) is 0 Å². The van der Waals surface area contributed by atoms with E-state index < -0.39 is 0 Å². The van der Waals surface area contributed by atoms with Crippen molar-refractivity contribution in [3.8, 4) is 0 Å². The molecule has 1 aliphatic heterocycles. The van der Waals surface area contributed by atoms with Crippen molar-refractivity contribution in [2.75, 3.05) is 26.3 Å². The molecule has 2 rings (SSSR count). The predicted molar refractivity (Wildman–Crippen MR) is 92.5 cm³/mol. The molecule has 1 aromatic heterocycles. The van der Waals surface area contributed by atoms with Crippen LogP contribution in [-0.2, 0) is 11.8 Å². The topological polar surface area (TPSA) is 72.3 Å². The third-order valence-corrected chi connectivity index (χ3v) is 4.31. The molecule has 7 heteroatoms. The zero-order valence-electron chi connectivity index (χ0n) is 15.6. The van der Waals surface area contributed by atoms with E-state index in [1.54, 1.807) is 4.68 Å². The third-order valence-electron chi connectivity index (χ3n) is 4.31. The fourth-order valence-corrected chi connectivity index (χ4v) is 3.34. The minimum absolute atomic E-state index is 0.0470. The van der Waals surface area contributed by atoms with E-state index in [0.29, 0.717) is 37.6 Å². The second kappa shape index (κ2) is 7.96. The zero-order valence-corrected chi connectivity index (χ0v) is 15.6. The van der Waals surface area contributed by atoms with Crippen molar-refractivity contribution < 1.29 is 9.53 Å². The molecule has 0 aromatic carbocycles. The van der Waals surface area contributed by atoms with E-state index in [9.17, 15) is 4.79 Å². The Hall–Kier alpha value is -1.63. The molecule has 2 amide bonds. The van der Waals surface area contributed by atoms with E-state index in [-0.39, 0.29) is 12.1 Å². The normalized spacial score (nSPS) is 20.0. The Morgan fingerprint density at radius 2 is 2.25 bits per heavy atom. The van der Waals surface area contributed by atoms with Crippen molar-refractivity contribution >= 4 is 6.03 Å². The van der Waals surface area contributed by atoms with E-state index >= 15 is 0 Å². The molecule has 0 bridgehead atoms. The van der Waals surface area contributed by atoms with Gasteiger partial charge in [-0.05, 0) is 24.2 Å². The average molecular weight is 337 g/mol. The van der Waals surface area contributed by atoms with Crippen molar-refractivity contribution in [1.29, 1.82) is 0 Å². The van der Waals surface area contributed by atoms with Gasteiger partial charge < -0.3 is 15.0 Å². The highest BCUT2D eigenvalue weighted by Gasteiger charge is 2.31. The summed E-state index contributed by atoms with van der Waals surface area (Å²) in [5.41, 5.74) is 0.323. The molecule has 0 saturated carbocycles. The van der Waals surface area contributed by atoms with Gasteiger partial charge in [-0.2, -0.15) is 5.10 Å². The van der Waals surface area contributed by atoms with Crippen LogP contribution in [0.3, 0.4) is 0 Å². The van der Waals surface area contributed by atoms with Crippen LogP contribution in [0, 0.1) is 11.3 Å². The smallest absolute Gasteiger partial charge is 0.318 e. The number of carbonyl (C=O) groups is 1. The van der Waals surface area contributed by atoms with Crippen molar-refractivity contribution in [3.05, 3.63) is 12.2 Å². The lowest BCUT2D eigenvalue weighted by Crippen LogP contribution is -2.49. The summed E-state index contributed by atoms with van der Waals surface area (Å²) in [5.74, 6) is 1.34. The lowest BCUT2D eigenvalue weighted by atomic mass is 9.84. The van der Waals surface area contributed by atoms with E-state index in [4.69, 9.17) is 4.74 Å². The summed E-state index contributed by atoms with van der Waals surface area (Å²) in [7, 11) is 1.83. The predicted octanol–water partition coefficient (Wildman–Crippen LogP) is 2.36. The number of aryl methyl sites for hydroxylation is 1. The van der Waals surface area contributed by atoms with Gasteiger partial charge in [-0.1, -0.05) is 27.7 Å². The maximum atomic E-state index is 12.6. The molecular weight excluding hydrogens is 306 g/mol. The molecule has 24 heavy (non-hydrogen) atoms. The van der Waals surface area contributed by atoms with Gasteiger partial charge in [0.25, 0.3) is 0 Å². The van der Waals surface area contributed by atoms with Crippen LogP contribution < -0.4 is 5.32 Å². The van der Waals surface area contributed by atoms with E-state index in [2.05, 4.69) is 43.1 Å². The second-order valence-corrected chi connectivity index (χ2v) is 7.92. The Labute approximate surface area is 144 Å². The van der Waals surface area contributed by atoms with Crippen LogP contribution in [-0.4, -0.2) is 52.0 Å². The van der Waals surface area contributed by atoms with Gasteiger partial charge in [0, 0.05) is 20.1 Å². The first kappa shape index (κ1) is 18.7. The maximum absolute atomic E-state index is 12.6. The van der Waals surface area contributed by atoms with Crippen LogP contribution in [0.5, 0.6) is 0 Å². The number of morpholine rings is 1. The van der Waals surface area contributed by atoms with Gasteiger partial charge in [-0.15, -0.1) is 0 Å². The van der Waals surface area contributed by atoms with Crippen LogP contribution in [0.4, 0.5) is 4.79 Å². The van der Waals surface area contributed by atoms with Crippen LogP contribution in [0.2, 0.25) is 0 Å². The highest BCUT2D eigenvalue weighted by molar-refractivity contribution is 5.74. The van der Waals surface area contributed by atoms with Gasteiger partial charge in [0.15, 0.2) is 5.82 Å². The number of hydrogen-bond donors (Lipinski definition) is 1. The standard InChI is InChI=1S/C17H31N5O2/c1-13(10-17(2,3)4)6-7-18-16(23)22-8-9-24-11-14(22)15-19-12-20-21(15)5/h12-14H,6-11H2,1-5H3,(H,18,23)/t13-,14+/m0/s1. The van der Waals surface area contributed by atoms with Crippen LogP contribution in [0.15, 0.2) is 6.33 Å². The van der Waals surface area contributed by atoms with Crippen LogP contribution >= 0.6 is 0 Å². The Balaban J connectivity index is 1.87. The number of aromatic nitrogens is 3. The average Bonchev–Trinajstić information content (AvgIpc) is 2.91. The van der Waals surface area contributed by atoms with E-state index in [1.165, 1.54) is 6.33 Å². The second-order valence-electron chi connectivity index (χ2n) is 7.92. The number of hydrogen-bond acceptors (Lipinski definition) is 4. The molecule has 7 nitrogen and oxygen atoms in total. The zero-order chi connectivity index (χ0) is 17.7. The fourth-order valence-electron chi connectivity index (χ4n) is 3.34. The number of urea groups is 1. The van der Waals surface area contributed by atoms with Crippen molar-refractivity contribution in [2.24, 2.45) is 18.4 Å². The van der Waals surface area contributed by atoms with Gasteiger partial charge in [-0.3, -0.25) is 4.68 Å². The van der Waals surface area contributed by atoms with Gasteiger partial charge in [0.2, 0.25) is 0 Å². The molecule has 1 aliphatic rings. The lowest BCUT2D eigenvalue weighted by molar-refractivity contribution is 0.00739. The minimum Gasteiger partial charge on any atom is -0.377 e. The molecular formula is C17H31N5O2. The first-order valence-corrected chi connectivity index (χ1v) is 8.74. The van der Waals surface area contributed by atoms with Crippen molar-refractivity contribution in [2.45, 2.75) is 46.6 Å². The number of rotatable bonds is 5. The molecule has 0 unspecified atom stereocenters. The monoisotopic (exact) mass is 337 g/mol. The Bertz CT molecular complexity index is 537. The van der Waals surface area contributed by atoms with Gasteiger partial charge in [0.1, 0.15) is 12.4 Å². The number of carbonyl (C=O) groups excluding carboxylic acids is 1. The first-order valence-electron chi connectivity index (χ1n) is 8.74. The SMILES string of the molecule is C[C@@H](CCNC(=O)N1CCOC[C@@H]1c1ncnn1C)CC(C)(C)C. The lowest BCUT2D eigenvalue weighted by Gasteiger charge is -2.34. The van der Waals surface area contributed by atoms with Crippen molar-refractivity contribution in [1.82, 2.24) is 25.0 Å². The maximum Gasteiger partial charge on any atom is 0.318 e. The number of nitrogens with zero attached hydrogens (tertiary/aromatic N) is 4. The summed E-state index contributed by atoms with van der Waals surface area (Å²) in [6.45, 7) is 11.3. The number of nitrogens with one attached hydrogen (secondary N) is 1. The summed E-state index contributed by atoms with van der Waals surface area (Å²) in [6, 6.07) is -0.229. The molecule has 1 fully saturated rings. The molecule has 0 aliphatic carbocycles. The third kappa shape index (κ3) is 5.19. The summed E-state index contributed by atoms with van der Waals surface area (Å²) in [6.07, 6.45) is 3.65. The largest absolute Gasteiger partial charge is 0.377 e. The molecule has 136 valence electrons. The highest BCUT2D eigenvalue weighted by Crippen LogP contribution is 2.26. The van der Waals surface area contributed by atoms with Crippen LogP contribution in [0.1, 0.15) is 52.4 Å². The minimum atomic E-state index is -0.182. The molecule has 2 atom stereocenters. The van der Waals surface area contributed by atoms with Crippen molar-refractivity contribution in [3.63, 3.8) is 0 Å². The molecule has 1 aromatic rings. The van der Waals surface area contributed by atoms with Gasteiger partial charge in [0.05, 0.1) is 13.2 Å². The Kier molecular flexibility index (Phi) is 6.21. The van der Waals surface area contributed by atoms with Gasteiger partial charge in [-0.25, -0.2) is 9.78 Å². The number of ether oxygens (including phenoxy) is 1. The molecule has 1 saturated heterocycles. The summed E-state index contributed by atoms with van der Waals surface area (Å²) in [4.78, 5) is 18.7. The molecule has 0 radical (unpaired) electrons. The quantitative estimate of drug-likeness (QED) is 0.895. The Morgan fingerprint density at radius 3 is 2.88 bits per heavy atom. The molecule has 1 N–H and O–H groups in total. The van der Waals surface area contributed by atoms with E-state index in [0.717, 1.165) is 18.7 Å². The number of amides is 2. The Morgan fingerprint density at radius 1 is 1.50 bits per heavy atom. The summed E-state index contributed by atoms with van der Waals surface area (Å²) >= 11 is 0. The van der Waals surface area contributed by atoms with Gasteiger partial charge >= 0.3 is 6.03 Å². The summed E-state index contributed by atoms with van der Waals surface area (Å²) < 4.78 is 7.24. The summed E-state index contributed by atoms with van der Waals surface area (Å²) in [5, 5.41) is 7.15. The molecule has 2 heterocycles. The molecule has 0 spiro atoms. The highest BCUT2D eigenvalue weighted by atomic mass is 16.5. The fraction of sp³-hybridized carbons (Fsp3) is 0.824. The first-order chi connectivity index (χ1) is 11.3. The van der Waals surface area contributed by atoms with E-state index in [1.807, 2.05) is 11.9 Å².